The Morgan fingerprint density at radius 1 is 0.338 bits per heavy atom. The van der Waals surface area contributed by atoms with E-state index in [1.54, 1.807) is 0 Å². The lowest BCUT2D eigenvalue weighted by Gasteiger charge is -2.14. The third-order valence-corrected chi connectivity index (χ3v) is 24.5. The van der Waals surface area contributed by atoms with Gasteiger partial charge in [-0.15, -0.1) is 68.0 Å². The highest BCUT2D eigenvalue weighted by atomic mass is 32.2. The predicted octanol–water partition coefficient (Wildman–Crippen LogP) is 23.1. The molecule has 10 heteroatoms. The molecule has 6 aromatic heterocycles. The van der Waals surface area contributed by atoms with Crippen molar-refractivity contribution in [2.45, 2.75) is 173 Å². The van der Waals surface area contributed by atoms with Gasteiger partial charge in [0, 0.05) is 62.7 Å². The first kappa shape index (κ1) is 51.2. The van der Waals surface area contributed by atoms with Crippen molar-refractivity contribution in [3.8, 4) is 20.9 Å². The molecule has 0 bridgehead atoms. The normalized spacial score (nSPS) is 12.6. The summed E-state index contributed by atoms with van der Waals surface area (Å²) in [4.78, 5) is 8.95. The summed E-state index contributed by atoms with van der Waals surface area (Å²) in [5, 5.41) is 4.68. The highest BCUT2D eigenvalue weighted by Gasteiger charge is 2.35. The number of thioether (sulfide) groups is 4. The van der Waals surface area contributed by atoms with E-state index in [9.17, 15) is 0 Å². The summed E-state index contributed by atoms with van der Waals surface area (Å²) in [7, 11) is 0. The maximum absolute atomic E-state index is 2.61. The molecular formula is C58H66S10. The van der Waals surface area contributed by atoms with Crippen LogP contribution in [-0.4, -0.2) is 0 Å². The van der Waals surface area contributed by atoms with E-state index in [0.717, 1.165) is 0 Å². The van der Waals surface area contributed by atoms with Crippen LogP contribution in [0.2, 0.25) is 0 Å². The van der Waals surface area contributed by atoms with Gasteiger partial charge in [0.2, 0.25) is 0 Å². The molecule has 0 unspecified atom stereocenters. The number of aryl methyl sites for hydroxylation is 4. The zero-order valence-electron chi connectivity index (χ0n) is 40.3. The van der Waals surface area contributed by atoms with Crippen LogP contribution in [0.25, 0.3) is 32.0 Å². The van der Waals surface area contributed by atoms with Gasteiger partial charge in [-0.05, 0) is 146 Å². The second kappa shape index (κ2) is 25.8. The van der Waals surface area contributed by atoms with Crippen LogP contribution < -0.4 is 0 Å². The van der Waals surface area contributed by atoms with E-state index in [1.165, 1.54) is 228 Å². The molecule has 0 nitrogen and oxygen atoms in total. The lowest BCUT2D eigenvalue weighted by atomic mass is 9.98. The molecule has 68 heavy (non-hydrogen) atoms. The van der Waals surface area contributed by atoms with E-state index in [0.29, 0.717) is 0 Å². The molecule has 358 valence electrons. The lowest BCUT2D eigenvalue weighted by molar-refractivity contribution is 0.670. The molecule has 2 aliphatic rings. The Bertz CT molecular complexity index is 2470. The zero-order valence-corrected chi connectivity index (χ0v) is 48.5. The van der Waals surface area contributed by atoms with Gasteiger partial charge in [0.25, 0.3) is 0 Å². The third-order valence-electron chi connectivity index (χ3n) is 12.9. The van der Waals surface area contributed by atoms with Crippen molar-refractivity contribution in [3.05, 3.63) is 134 Å². The summed E-state index contributed by atoms with van der Waals surface area (Å²) in [5.41, 5.74) is 11.3. The smallest absolute Gasteiger partial charge is 0.0654 e. The average Bonchev–Trinajstić information content (AvgIpc) is 4.20. The fraction of sp³-hybridized carbons (Fsp3) is 0.414. The van der Waals surface area contributed by atoms with Crippen LogP contribution >= 0.6 is 115 Å². The summed E-state index contributed by atoms with van der Waals surface area (Å²) in [6, 6.07) is 29.3. The summed E-state index contributed by atoms with van der Waals surface area (Å²) in [6.07, 6.45) is 25.7. The molecule has 0 N–H and O–H groups in total. The molecule has 6 heterocycles. The molecule has 0 aliphatic heterocycles. The summed E-state index contributed by atoms with van der Waals surface area (Å²) < 4.78 is 8.48. The van der Waals surface area contributed by atoms with Gasteiger partial charge in [0.1, 0.15) is 0 Å². The quantitative estimate of drug-likeness (QED) is 0.0354. The van der Waals surface area contributed by atoms with E-state index in [-0.39, 0.29) is 0 Å². The van der Waals surface area contributed by atoms with Gasteiger partial charge < -0.3 is 0 Å². The van der Waals surface area contributed by atoms with E-state index in [2.05, 4.69) is 111 Å². The summed E-state index contributed by atoms with van der Waals surface area (Å²) in [5.74, 6) is 0. The van der Waals surface area contributed by atoms with E-state index in [1.807, 2.05) is 115 Å². The fourth-order valence-corrected chi connectivity index (χ4v) is 21.8. The van der Waals surface area contributed by atoms with Crippen LogP contribution in [-0.2, 0) is 25.7 Å². The molecule has 0 spiro atoms. The van der Waals surface area contributed by atoms with Gasteiger partial charge in [-0.25, -0.2) is 0 Å². The second-order valence-electron chi connectivity index (χ2n) is 18.1. The van der Waals surface area contributed by atoms with Gasteiger partial charge in [-0.3, -0.25) is 0 Å². The molecule has 0 saturated carbocycles. The van der Waals surface area contributed by atoms with Crippen molar-refractivity contribution in [2.75, 3.05) is 0 Å². The maximum Gasteiger partial charge on any atom is 0.0654 e. The summed E-state index contributed by atoms with van der Waals surface area (Å²) >= 11 is 20.0. The number of unbranched alkanes of at least 4 members (excludes halogenated alkanes) is 12. The van der Waals surface area contributed by atoms with Crippen molar-refractivity contribution in [1.29, 1.82) is 0 Å². The Morgan fingerprint density at radius 3 is 0.941 bits per heavy atom. The first-order valence-electron chi connectivity index (χ1n) is 25.4. The van der Waals surface area contributed by atoms with E-state index < -0.39 is 0 Å². The van der Waals surface area contributed by atoms with Crippen LogP contribution in [0, 0.1) is 0 Å². The largest absolute Gasteiger partial charge is 0.143 e. The van der Waals surface area contributed by atoms with Crippen LogP contribution in [0.15, 0.2) is 109 Å². The van der Waals surface area contributed by atoms with Crippen molar-refractivity contribution in [3.63, 3.8) is 0 Å². The van der Waals surface area contributed by atoms with Gasteiger partial charge in [0.15, 0.2) is 0 Å². The number of fused-ring (bicyclic) bond motifs is 6. The molecule has 0 radical (unpaired) electrons. The van der Waals surface area contributed by atoms with Crippen molar-refractivity contribution in [2.24, 2.45) is 0 Å². The number of rotatable bonds is 28. The number of thiophene rings is 6. The predicted molar refractivity (Wildman–Crippen MR) is 317 cm³/mol. The Kier molecular flexibility index (Phi) is 19.4. The highest BCUT2D eigenvalue weighted by Crippen LogP contribution is 2.61. The van der Waals surface area contributed by atoms with Crippen LogP contribution in [0.3, 0.4) is 0 Å². The standard InChI is InChI=1S/C58H66S10/c1-5-9-13-17-21-39-25-29-49(61-39)65-57(66-50-30-26-40(62-50)22-18-14-10-6-2)53-43-33-35-59-55(43)47-38-46-48(37-45(47)53)56-44(34-36-60-56)54(46)58(67-51-31-27-41(63-51)23-19-15-11-7-3)68-52-32-28-42(64-52)24-20-16-12-8-4/h25-38H,5-24H2,1-4H3. The van der Waals surface area contributed by atoms with Gasteiger partial charge >= 0.3 is 0 Å². The second-order valence-corrected chi connectivity index (χ2v) is 30.4. The fourth-order valence-electron chi connectivity index (χ4n) is 9.25. The molecule has 1 aromatic carbocycles. The third kappa shape index (κ3) is 12.7. The number of hydrogen-bond donors (Lipinski definition) is 0. The molecule has 2 aliphatic carbocycles. The molecule has 0 saturated heterocycles. The van der Waals surface area contributed by atoms with Crippen molar-refractivity contribution < 1.29 is 0 Å². The summed E-state index contributed by atoms with van der Waals surface area (Å²) in [6.45, 7) is 9.23. The van der Waals surface area contributed by atoms with Crippen molar-refractivity contribution >= 4 is 126 Å². The maximum atomic E-state index is 2.61. The number of hydrogen-bond acceptors (Lipinski definition) is 10. The topological polar surface area (TPSA) is 0 Å². The molecule has 0 atom stereocenters. The van der Waals surface area contributed by atoms with Gasteiger partial charge in [-0.1, -0.05) is 152 Å². The number of benzene rings is 1. The first-order valence-corrected chi connectivity index (χ1v) is 33.7. The lowest BCUT2D eigenvalue weighted by Crippen LogP contribution is -1.90. The Balaban J connectivity index is 1.11. The SMILES string of the molecule is CCCCCCc1ccc(SC(Sc2ccc(CCCCCC)s2)=C2c3cc4c(cc3-c3sccc32)C(=C(Sc2ccc(CCCCCC)s2)Sc2ccc(CCCCCC)s2)c2ccsc2-4)s1. The van der Waals surface area contributed by atoms with Crippen LogP contribution in [0.5, 0.6) is 0 Å². The zero-order chi connectivity index (χ0) is 46.7. The molecule has 0 amide bonds. The average molecular weight is 1080 g/mol. The Morgan fingerprint density at radius 2 is 0.647 bits per heavy atom. The minimum absolute atomic E-state index is 1.19. The van der Waals surface area contributed by atoms with Gasteiger partial charge in [-0.2, -0.15) is 0 Å². The Hall–Kier alpha value is -1.70. The van der Waals surface area contributed by atoms with E-state index >= 15 is 0 Å². The van der Waals surface area contributed by atoms with Crippen LogP contribution in [0.4, 0.5) is 0 Å². The van der Waals surface area contributed by atoms with Crippen LogP contribution in [0.1, 0.15) is 172 Å². The Labute approximate surface area is 449 Å². The van der Waals surface area contributed by atoms with Crippen molar-refractivity contribution in [1.82, 2.24) is 0 Å². The minimum atomic E-state index is 1.19. The molecule has 9 rings (SSSR count). The van der Waals surface area contributed by atoms with E-state index in [4.69, 9.17) is 0 Å². The first-order chi connectivity index (χ1) is 33.5. The van der Waals surface area contributed by atoms with Gasteiger partial charge in [0.05, 0.1) is 25.3 Å². The monoisotopic (exact) mass is 1080 g/mol. The molecule has 7 aromatic rings. The molecule has 0 fully saturated rings. The minimum Gasteiger partial charge on any atom is -0.143 e. The highest BCUT2D eigenvalue weighted by molar-refractivity contribution is 8.24. The molecular weight excluding hydrogens is 1020 g/mol.